The fourth-order valence-corrected chi connectivity index (χ4v) is 2.13. The molecule has 0 saturated carbocycles. The average Bonchev–Trinajstić information content (AvgIpc) is 2.48. The maximum absolute atomic E-state index is 11.1. The number of hydrogen-bond donors (Lipinski definition) is 0. The summed E-state index contributed by atoms with van der Waals surface area (Å²) in [6.07, 6.45) is 0. The lowest BCUT2D eigenvalue weighted by Gasteiger charge is -2.09. The van der Waals surface area contributed by atoms with Crippen molar-refractivity contribution in [1.82, 2.24) is 0 Å². The number of nitriles is 1. The smallest absolute Gasteiger partial charge is 0.329 e. The summed E-state index contributed by atoms with van der Waals surface area (Å²) < 4.78 is 11.2. The van der Waals surface area contributed by atoms with Crippen LogP contribution in [0, 0.1) is 21.4 Å². The molecule has 0 saturated heterocycles. The van der Waals surface area contributed by atoms with E-state index in [1.165, 1.54) is 25.3 Å². The molecule has 21 heavy (non-hydrogen) atoms. The van der Waals surface area contributed by atoms with Gasteiger partial charge in [-0.1, -0.05) is 6.07 Å². The van der Waals surface area contributed by atoms with Crippen LogP contribution in [0.25, 0.3) is 0 Å². The zero-order chi connectivity index (χ0) is 15.4. The molecule has 0 aliphatic rings. The summed E-state index contributed by atoms with van der Waals surface area (Å²) in [7, 11) is 1.53. The number of hydrogen-bond acceptors (Lipinski definition) is 5. The van der Waals surface area contributed by atoms with Crippen molar-refractivity contribution in [2.24, 2.45) is 0 Å². The molecule has 106 valence electrons. The molecular formula is C14H9BrN2O4. The van der Waals surface area contributed by atoms with Gasteiger partial charge in [-0.05, 0) is 46.3 Å². The Morgan fingerprint density at radius 3 is 2.62 bits per heavy atom. The maximum Gasteiger partial charge on any atom is 0.329 e. The molecule has 2 aromatic carbocycles. The van der Waals surface area contributed by atoms with E-state index in [9.17, 15) is 10.1 Å². The molecule has 0 bridgehead atoms. The first-order valence-corrected chi connectivity index (χ1v) is 6.55. The van der Waals surface area contributed by atoms with E-state index in [0.717, 1.165) is 0 Å². The van der Waals surface area contributed by atoms with Crippen LogP contribution in [0.5, 0.6) is 17.2 Å². The van der Waals surface area contributed by atoms with Crippen molar-refractivity contribution in [3.63, 3.8) is 0 Å². The second-order valence-corrected chi connectivity index (χ2v) is 4.77. The minimum absolute atomic E-state index is 0.00455. The highest BCUT2D eigenvalue weighted by molar-refractivity contribution is 9.10. The molecule has 0 aromatic heterocycles. The summed E-state index contributed by atoms with van der Waals surface area (Å²) >= 11 is 3.30. The molecule has 0 amide bonds. The van der Waals surface area contributed by atoms with Gasteiger partial charge in [0.2, 0.25) is 5.75 Å². The Morgan fingerprint density at radius 1 is 1.29 bits per heavy atom. The van der Waals surface area contributed by atoms with Crippen LogP contribution in [0.3, 0.4) is 0 Å². The first kappa shape index (κ1) is 14.8. The van der Waals surface area contributed by atoms with Crippen LogP contribution in [-0.4, -0.2) is 12.0 Å². The quantitative estimate of drug-likeness (QED) is 0.614. The Morgan fingerprint density at radius 2 is 2.05 bits per heavy atom. The van der Waals surface area contributed by atoms with Crippen LogP contribution in [0.1, 0.15) is 5.56 Å². The summed E-state index contributed by atoms with van der Waals surface area (Å²) in [4.78, 5) is 10.5. The normalized spacial score (nSPS) is 9.76. The van der Waals surface area contributed by atoms with Gasteiger partial charge < -0.3 is 9.47 Å². The van der Waals surface area contributed by atoms with Crippen LogP contribution < -0.4 is 9.47 Å². The number of ether oxygens (including phenoxy) is 2. The van der Waals surface area contributed by atoms with Crippen LogP contribution in [0.2, 0.25) is 0 Å². The van der Waals surface area contributed by atoms with Gasteiger partial charge in [-0.25, -0.2) is 0 Å². The van der Waals surface area contributed by atoms with E-state index in [2.05, 4.69) is 15.9 Å². The van der Waals surface area contributed by atoms with Crippen molar-refractivity contribution >= 4 is 21.6 Å². The molecule has 7 heteroatoms. The molecule has 0 atom stereocenters. The molecule has 2 aromatic rings. The van der Waals surface area contributed by atoms with E-state index in [4.69, 9.17) is 14.7 Å². The second-order valence-electron chi connectivity index (χ2n) is 3.92. The Kier molecular flexibility index (Phi) is 4.40. The lowest BCUT2D eigenvalue weighted by molar-refractivity contribution is -0.385. The van der Waals surface area contributed by atoms with Gasteiger partial charge in [-0.2, -0.15) is 5.26 Å². The Bertz CT molecular complexity index is 740. The number of benzene rings is 2. The first-order valence-electron chi connectivity index (χ1n) is 5.75. The third kappa shape index (κ3) is 3.12. The third-order valence-corrected chi connectivity index (χ3v) is 3.28. The van der Waals surface area contributed by atoms with Gasteiger partial charge in [-0.15, -0.1) is 0 Å². The zero-order valence-corrected chi connectivity index (χ0v) is 12.5. The highest BCUT2D eigenvalue weighted by Gasteiger charge is 2.22. The van der Waals surface area contributed by atoms with Crippen LogP contribution in [0.15, 0.2) is 40.9 Å². The first-order chi connectivity index (χ1) is 10.1. The standard InChI is InChI=1S/C14H9BrN2O4/c1-20-10-5-6-12(11(15)7-10)21-13-4-2-3-9(8-16)14(13)17(18)19/h2-7H,1H3. The van der Waals surface area contributed by atoms with Crippen LogP contribution in [0.4, 0.5) is 5.69 Å². The van der Waals surface area contributed by atoms with E-state index in [-0.39, 0.29) is 17.0 Å². The number of methoxy groups -OCH3 is 1. The van der Waals surface area contributed by atoms with Crippen molar-refractivity contribution in [2.75, 3.05) is 7.11 Å². The van der Waals surface area contributed by atoms with Crippen molar-refractivity contribution in [3.8, 4) is 23.3 Å². The van der Waals surface area contributed by atoms with Gasteiger partial charge in [0.15, 0.2) is 0 Å². The predicted molar refractivity (Wildman–Crippen MR) is 78.6 cm³/mol. The number of nitrogens with zero attached hydrogens (tertiary/aromatic N) is 2. The number of nitro groups is 1. The van der Waals surface area contributed by atoms with Crippen LogP contribution >= 0.6 is 15.9 Å². The summed E-state index contributed by atoms with van der Waals surface area (Å²) in [5.74, 6) is 1.01. The fourth-order valence-electron chi connectivity index (χ4n) is 1.69. The SMILES string of the molecule is COc1ccc(Oc2cccc(C#N)c2[N+](=O)[O-])c(Br)c1. The zero-order valence-electron chi connectivity index (χ0n) is 10.9. The average molecular weight is 349 g/mol. The molecule has 6 nitrogen and oxygen atoms in total. The highest BCUT2D eigenvalue weighted by atomic mass is 79.9. The highest BCUT2D eigenvalue weighted by Crippen LogP contribution is 2.37. The number of para-hydroxylation sites is 1. The molecular weight excluding hydrogens is 340 g/mol. The summed E-state index contributed by atoms with van der Waals surface area (Å²) in [5.41, 5.74) is -0.412. The minimum atomic E-state index is -0.634. The lowest BCUT2D eigenvalue weighted by atomic mass is 10.2. The van der Waals surface area contributed by atoms with Gasteiger partial charge >= 0.3 is 5.69 Å². The van der Waals surface area contributed by atoms with E-state index in [1.807, 2.05) is 0 Å². The summed E-state index contributed by atoms with van der Waals surface area (Å²) in [6, 6.07) is 11.1. The topological polar surface area (TPSA) is 85.4 Å². The van der Waals surface area contributed by atoms with Gasteiger partial charge in [0.25, 0.3) is 0 Å². The van der Waals surface area contributed by atoms with Crippen LogP contribution in [-0.2, 0) is 0 Å². The Hall–Kier alpha value is -2.59. The molecule has 2 rings (SSSR count). The van der Waals surface area contributed by atoms with E-state index < -0.39 is 4.92 Å². The molecule has 0 N–H and O–H groups in total. The van der Waals surface area contributed by atoms with Crippen molar-refractivity contribution in [2.45, 2.75) is 0 Å². The number of nitro benzene ring substituents is 1. The molecule has 0 fully saturated rings. The molecule has 0 heterocycles. The fraction of sp³-hybridized carbons (Fsp3) is 0.0714. The summed E-state index contributed by atoms with van der Waals surface area (Å²) in [6.45, 7) is 0. The van der Waals surface area contributed by atoms with Gasteiger partial charge in [0, 0.05) is 0 Å². The number of rotatable bonds is 4. The van der Waals surface area contributed by atoms with Crippen molar-refractivity contribution < 1.29 is 14.4 Å². The Balaban J connectivity index is 2.45. The van der Waals surface area contributed by atoms with Crippen molar-refractivity contribution in [1.29, 1.82) is 5.26 Å². The molecule has 0 aliphatic heterocycles. The Labute approximate surface area is 128 Å². The van der Waals surface area contributed by atoms with E-state index >= 15 is 0 Å². The number of halogens is 1. The third-order valence-electron chi connectivity index (χ3n) is 2.66. The van der Waals surface area contributed by atoms with Gasteiger partial charge in [0.05, 0.1) is 16.5 Å². The lowest BCUT2D eigenvalue weighted by Crippen LogP contribution is -1.97. The van der Waals surface area contributed by atoms with Crippen molar-refractivity contribution in [3.05, 3.63) is 56.5 Å². The van der Waals surface area contributed by atoms with Gasteiger partial charge in [0.1, 0.15) is 23.1 Å². The van der Waals surface area contributed by atoms with E-state index in [0.29, 0.717) is 16.0 Å². The molecule has 0 radical (unpaired) electrons. The maximum atomic E-state index is 11.1. The van der Waals surface area contributed by atoms with Gasteiger partial charge in [-0.3, -0.25) is 10.1 Å². The monoisotopic (exact) mass is 348 g/mol. The largest absolute Gasteiger partial charge is 0.497 e. The predicted octanol–water partition coefficient (Wildman–Crippen LogP) is 4.03. The molecule has 0 aliphatic carbocycles. The van der Waals surface area contributed by atoms with E-state index in [1.54, 1.807) is 24.3 Å². The molecule has 0 unspecified atom stereocenters. The minimum Gasteiger partial charge on any atom is -0.497 e. The second kappa shape index (κ2) is 6.24. The summed E-state index contributed by atoms with van der Waals surface area (Å²) in [5, 5.41) is 20.1. The molecule has 0 spiro atoms.